The van der Waals surface area contributed by atoms with Gasteiger partial charge in [0.15, 0.2) is 5.78 Å². The number of nitrogens with zero attached hydrogens (tertiary/aromatic N) is 2. The SMILES string of the molecule is CCC(CC)C(=O)/C=C(\O)C(CC)CC.Cc1[c-]c(-c2ncnc3c(C(F)(C(F)(F)F)C(F)(F)F)c4cc5ccccc5cc4cc23)cc(C)c1.[Ir]. The normalized spacial score (nSPS) is 12.7. The van der Waals surface area contributed by atoms with Crippen LogP contribution in [-0.4, -0.2) is 33.2 Å². The summed E-state index contributed by atoms with van der Waals surface area (Å²) in [7, 11) is 0. The van der Waals surface area contributed by atoms with Gasteiger partial charge in [-0.2, -0.15) is 26.3 Å². The number of hydrogen-bond acceptors (Lipinski definition) is 4. The van der Waals surface area contributed by atoms with Gasteiger partial charge in [0.2, 0.25) is 0 Å². The van der Waals surface area contributed by atoms with E-state index in [2.05, 4.69) is 16.0 Å². The number of benzene rings is 4. The Morgan fingerprint density at radius 2 is 1.31 bits per heavy atom. The minimum Gasteiger partial charge on any atom is -0.512 e. The molecule has 1 heterocycles. The molecule has 0 aliphatic carbocycles. The third-order valence-electron chi connectivity index (χ3n) is 9.22. The van der Waals surface area contributed by atoms with Crippen molar-refractivity contribution in [2.45, 2.75) is 85.2 Å². The third kappa shape index (κ3) is 8.49. The molecule has 1 N–H and O–H groups in total. The second kappa shape index (κ2) is 16.8. The van der Waals surface area contributed by atoms with Crippen LogP contribution in [0, 0.1) is 31.7 Å². The Morgan fingerprint density at radius 3 is 1.83 bits per heavy atom. The molecule has 0 bridgehead atoms. The fourth-order valence-electron chi connectivity index (χ4n) is 6.42. The van der Waals surface area contributed by atoms with E-state index in [9.17, 15) is 36.2 Å². The molecule has 0 amide bonds. The monoisotopic (exact) mass is 906 g/mol. The minimum absolute atomic E-state index is 0. The standard InChI is InChI=1S/C27H16F7N2.C13H24O2.Ir/c1-14-7-15(2)9-19(8-14)23-21-12-18-10-16-5-3-4-6-17(16)11-20(18)22(24(21)36-13-35-23)25(28,26(29,30)31)27(32,33)34;1-5-10(6-2)12(14)9-13(15)11(7-3)8-4;/h3-8,10-13H,1-2H3;9-11,14H,5-8H2,1-4H3;/q-1;;/b;12-9-;. The van der Waals surface area contributed by atoms with Crippen LogP contribution in [0.3, 0.4) is 0 Å². The van der Waals surface area contributed by atoms with E-state index in [-0.39, 0.29) is 59.9 Å². The van der Waals surface area contributed by atoms with Gasteiger partial charge in [-0.05, 0) is 70.4 Å². The van der Waals surface area contributed by atoms with Crippen molar-refractivity contribution in [1.29, 1.82) is 0 Å². The molecular weight excluding hydrogens is 866 g/mol. The maximum absolute atomic E-state index is 15.7. The van der Waals surface area contributed by atoms with E-state index in [1.165, 1.54) is 24.3 Å². The number of aliphatic hydroxyl groups is 1. The molecule has 0 saturated carbocycles. The van der Waals surface area contributed by atoms with Crippen LogP contribution in [-0.2, 0) is 30.6 Å². The Balaban J connectivity index is 0.000000389. The Bertz CT molecular complexity index is 2030. The first-order valence-electron chi connectivity index (χ1n) is 16.8. The first-order valence-corrected chi connectivity index (χ1v) is 16.8. The zero-order valence-corrected chi connectivity index (χ0v) is 32.0. The molecule has 4 aromatic carbocycles. The van der Waals surface area contributed by atoms with Gasteiger partial charge in [0, 0.05) is 43.6 Å². The Morgan fingerprint density at radius 1 is 0.769 bits per heavy atom. The molecule has 0 spiro atoms. The quantitative estimate of drug-likeness (QED) is 0.0526. The maximum atomic E-state index is 15.7. The largest absolute Gasteiger partial charge is 0.512 e. The Hall–Kier alpha value is -3.89. The smallest absolute Gasteiger partial charge is 0.436 e. The molecule has 1 aromatic heterocycles. The van der Waals surface area contributed by atoms with Gasteiger partial charge in [-0.15, -0.1) is 34.9 Å². The van der Waals surface area contributed by atoms with Crippen molar-refractivity contribution in [3.8, 4) is 11.3 Å². The fourth-order valence-corrected chi connectivity index (χ4v) is 6.42. The summed E-state index contributed by atoms with van der Waals surface area (Å²) in [5.74, 6) is 0.547. The van der Waals surface area contributed by atoms with Crippen molar-refractivity contribution in [2.75, 3.05) is 0 Å². The van der Waals surface area contributed by atoms with Gasteiger partial charge < -0.3 is 5.11 Å². The predicted molar refractivity (Wildman–Crippen MR) is 187 cm³/mol. The van der Waals surface area contributed by atoms with E-state index in [4.69, 9.17) is 0 Å². The number of aliphatic hydroxyl groups excluding tert-OH is 1. The van der Waals surface area contributed by atoms with Gasteiger partial charge >= 0.3 is 18.0 Å². The maximum Gasteiger partial charge on any atom is 0.436 e. The number of rotatable bonds is 9. The van der Waals surface area contributed by atoms with E-state index >= 15 is 4.39 Å². The van der Waals surface area contributed by atoms with E-state index in [1.807, 2.05) is 27.7 Å². The molecule has 0 aliphatic heterocycles. The van der Waals surface area contributed by atoms with Crippen LogP contribution >= 0.6 is 0 Å². The van der Waals surface area contributed by atoms with Crippen LogP contribution in [0.2, 0.25) is 0 Å². The summed E-state index contributed by atoms with van der Waals surface area (Å²) < 4.78 is 100.0. The number of carbonyl (C=O) groups excluding carboxylic acids is 1. The van der Waals surface area contributed by atoms with Crippen molar-refractivity contribution in [1.82, 2.24) is 9.97 Å². The van der Waals surface area contributed by atoms with Crippen LogP contribution in [0.5, 0.6) is 0 Å². The van der Waals surface area contributed by atoms with Gasteiger partial charge in [-0.1, -0.05) is 71.9 Å². The van der Waals surface area contributed by atoms with E-state index in [0.29, 0.717) is 21.9 Å². The first kappa shape index (κ1) is 42.5. The number of halogens is 7. The summed E-state index contributed by atoms with van der Waals surface area (Å²) in [5, 5.41) is 9.99. The van der Waals surface area contributed by atoms with Gasteiger partial charge in [-0.3, -0.25) is 9.78 Å². The van der Waals surface area contributed by atoms with Crippen molar-refractivity contribution in [2.24, 2.45) is 11.8 Å². The molecule has 4 nitrogen and oxygen atoms in total. The molecule has 0 unspecified atom stereocenters. The summed E-state index contributed by atoms with van der Waals surface area (Å²) in [6, 6.07) is 16.9. The minimum atomic E-state index is -6.31. The average Bonchev–Trinajstić information content (AvgIpc) is 3.05. The van der Waals surface area contributed by atoms with Crippen LogP contribution in [0.1, 0.15) is 70.1 Å². The topological polar surface area (TPSA) is 63.1 Å². The fraction of sp³-hybridized carbons (Fsp3) is 0.375. The summed E-state index contributed by atoms with van der Waals surface area (Å²) in [6.07, 6.45) is -6.87. The molecule has 1 radical (unpaired) electrons. The summed E-state index contributed by atoms with van der Waals surface area (Å²) >= 11 is 0. The second-order valence-corrected chi connectivity index (χ2v) is 12.7. The molecule has 52 heavy (non-hydrogen) atoms. The number of carbonyl (C=O) groups is 1. The summed E-state index contributed by atoms with van der Waals surface area (Å²) in [4.78, 5) is 19.6. The molecule has 5 aromatic rings. The van der Waals surface area contributed by atoms with Crippen LogP contribution in [0.4, 0.5) is 30.7 Å². The Labute approximate surface area is 311 Å². The van der Waals surface area contributed by atoms with E-state index < -0.39 is 34.5 Å². The number of allylic oxidation sites excluding steroid dienone is 2. The number of hydrogen-bond donors (Lipinski definition) is 1. The van der Waals surface area contributed by atoms with E-state index in [0.717, 1.165) is 43.6 Å². The van der Waals surface area contributed by atoms with Gasteiger partial charge in [0.05, 0.1) is 11.3 Å². The van der Waals surface area contributed by atoms with Gasteiger partial charge in [-0.25, -0.2) is 9.37 Å². The number of fused-ring (bicyclic) bond motifs is 3. The zero-order valence-electron chi connectivity index (χ0n) is 29.6. The molecule has 0 saturated heterocycles. The first-order chi connectivity index (χ1) is 23.9. The number of ketones is 1. The second-order valence-electron chi connectivity index (χ2n) is 12.7. The number of aryl methyl sites for hydroxylation is 2. The third-order valence-corrected chi connectivity index (χ3v) is 9.22. The molecule has 12 heteroatoms. The Kier molecular flexibility index (Phi) is 13.8. The summed E-state index contributed by atoms with van der Waals surface area (Å²) in [6.45, 7) is 11.6. The molecular formula is C40H40F7IrN2O2-. The number of aromatic nitrogens is 2. The predicted octanol–water partition coefficient (Wildman–Crippen LogP) is 12.2. The van der Waals surface area contributed by atoms with Crippen LogP contribution in [0.25, 0.3) is 43.7 Å². The number of alkyl halides is 7. The molecule has 281 valence electrons. The van der Waals surface area contributed by atoms with Gasteiger partial charge in [0.25, 0.3) is 0 Å². The zero-order chi connectivity index (χ0) is 37.9. The molecule has 0 atom stereocenters. The van der Waals surface area contributed by atoms with Crippen molar-refractivity contribution in [3.05, 3.63) is 95.5 Å². The summed E-state index contributed by atoms with van der Waals surface area (Å²) in [5.41, 5.74) is -6.19. The van der Waals surface area contributed by atoms with Crippen LogP contribution in [0.15, 0.2) is 72.8 Å². The van der Waals surface area contributed by atoms with E-state index in [1.54, 1.807) is 44.2 Å². The molecule has 0 aliphatic rings. The van der Waals surface area contributed by atoms with Crippen LogP contribution < -0.4 is 0 Å². The van der Waals surface area contributed by atoms with Crippen molar-refractivity contribution < 1.29 is 60.7 Å². The average molecular weight is 906 g/mol. The van der Waals surface area contributed by atoms with Gasteiger partial charge in [0.1, 0.15) is 6.33 Å². The molecule has 5 rings (SSSR count). The molecule has 0 fully saturated rings. The van der Waals surface area contributed by atoms with Crippen molar-refractivity contribution in [3.63, 3.8) is 0 Å². The van der Waals surface area contributed by atoms with Crippen molar-refractivity contribution >= 4 is 38.2 Å².